The van der Waals surface area contributed by atoms with E-state index in [1.807, 2.05) is 18.2 Å². The van der Waals surface area contributed by atoms with Gasteiger partial charge < -0.3 is 14.4 Å². The van der Waals surface area contributed by atoms with Crippen LogP contribution in [0.2, 0.25) is 0 Å². The van der Waals surface area contributed by atoms with Gasteiger partial charge in [-0.2, -0.15) is 0 Å². The Morgan fingerprint density at radius 2 is 2.03 bits per heavy atom. The summed E-state index contributed by atoms with van der Waals surface area (Å²) < 4.78 is 10.2. The zero-order valence-corrected chi connectivity index (χ0v) is 17.6. The molecule has 1 atom stereocenters. The minimum absolute atomic E-state index is 0.0872. The Labute approximate surface area is 175 Å². The van der Waals surface area contributed by atoms with Crippen LogP contribution in [0.3, 0.4) is 0 Å². The van der Waals surface area contributed by atoms with Gasteiger partial charge in [-0.05, 0) is 51.5 Å². The van der Waals surface area contributed by atoms with Crippen molar-refractivity contribution in [2.75, 3.05) is 20.2 Å². The fraction of sp³-hybridized carbons (Fsp3) is 0.476. The van der Waals surface area contributed by atoms with Crippen molar-refractivity contribution in [2.45, 2.75) is 45.4 Å². The number of likely N-dealkylation sites (tertiary alicyclic amines) is 1. The molecular formula is C21H26N4O5. The van der Waals surface area contributed by atoms with Crippen LogP contribution in [-0.4, -0.2) is 69.6 Å². The van der Waals surface area contributed by atoms with E-state index < -0.39 is 23.7 Å². The summed E-state index contributed by atoms with van der Waals surface area (Å²) in [6.45, 7) is 5.59. The quantitative estimate of drug-likeness (QED) is 0.691. The van der Waals surface area contributed by atoms with Crippen LogP contribution in [0.1, 0.15) is 32.9 Å². The topological polar surface area (TPSA) is 102 Å². The summed E-state index contributed by atoms with van der Waals surface area (Å²) in [5, 5.41) is 0.881. The average Bonchev–Trinajstić information content (AvgIpc) is 3.04. The van der Waals surface area contributed by atoms with Gasteiger partial charge in [0.05, 0.1) is 19.3 Å². The van der Waals surface area contributed by atoms with Gasteiger partial charge in [0.1, 0.15) is 18.2 Å². The predicted molar refractivity (Wildman–Crippen MR) is 108 cm³/mol. The Morgan fingerprint density at radius 3 is 2.73 bits per heavy atom. The number of rotatable bonds is 5. The fourth-order valence-electron chi connectivity index (χ4n) is 3.27. The maximum atomic E-state index is 12.9. The number of fused-ring (bicyclic) bond motifs is 1. The van der Waals surface area contributed by atoms with Crippen molar-refractivity contribution >= 4 is 29.0 Å². The Balaban J connectivity index is 1.85. The van der Waals surface area contributed by atoms with E-state index >= 15 is 0 Å². The summed E-state index contributed by atoms with van der Waals surface area (Å²) in [7, 11) is 1.27. The Bertz CT molecular complexity index is 956. The van der Waals surface area contributed by atoms with Gasteiger partial charge in [0.25, 0.3) is 0 Å². The van der Waals surface area contributed by atoms with Gasteiger partial charge in [0.2, 0.25) is 5.91 Å². The number of hydrogen-bond acceptors (Lipinski definition) is 7. The van der Waals surface area contributed by atoms with E-state index in [-0.39, 0.29) is 19.0 Å². The number of methoxy groups -OCH3 is 1. The largest absolute Gasteiger partial charge is 0.468 e. The van der Waals surface area contributed by atoms with E-state index in [9.17, 15) is 14.4 Å². The van der Waals surface area contributed by atoms with E-state index in [0.717, 1.165) is 5.39 Å². The van der Waals surface area contributed by atoms with Crippen molar-refractivity contribution < 1.29 is 23.9 Å². The number of nitrogens with zero attached hydrogens (tertiary/aromatic N) is 4. The number of ether oxygens (including phenoxy) is 2. The van der Waals surface area contributed by atoms with E-state index in [4.69, 9.17) is 4.74 Å². The summed E-state index contributed by atoms with van der Waals surface area (Å²) in [6.07, 6.45) is 1.43. The summed E-state index contributed by atoms with van der Waals surface area (Å²) in [6, 6.07) is 6.65. The van der Waals surface area contributed by atoms with Gasteiger partial charge in [-0.15, -0.1) is 0 Å². The Kier molecular flexibility index (Phi) is 6.19. The lowest BCUT2D eigenvalue weighted by Gasteiger charge is -2.30. The molecule has 3 rings (SSSR count). The molecule has 0 aromatic carbocycles. The zero-order chi connectivity index (χ0) is 21.9. The molecule has 30 heavy (non-hydrogen) atoms. The van der Waals surface area contributed by atoms with Crippen molar-refractivity contribution in [1.82, 2.24) is 19.8 Å². The van der Waals surface area contributed by atoms with Crippen LogP contribution in [-0.2, 0) is 25.6 Å². The Hall–Kier alpha value is -3.23. The van der Waals surface area contributed by atoms with Crippen molar-refractivity contribution in [3.05, 3.63) is 36.2 Å². The Morgan fingerprint density at radius 1 is 1.27 bits per heavy atom. The third kappa shape index (κ3) is 5.03. The highest BCUT2D eigenvalue weighted by atomic mass is 16.6. The van der Waals surface area contributed by atoms with Gasteiger partial charge in [-0.1, -0.05) is 0 Å². The highest BCUT2D eigenvalue weighted by molar-refractivity contribution is 5.90. The highest BCUT2D eigenvalue weighted by Crippen LogP contribution is 2.23. The molecular weight excluding hydrogens is 388 g/mol. The molecule has 0 spiro atoms. The number of carbonyl (C=O) groups excluding carboxylic acids is 3. The third-order valence-electron chi connectivity index (χ3n) is 4.68. The molecule has 0 radical (unpaired) electrons. The lowest BCUT2D eigenvalue weighted by atomic mass is 10.2. The molecule has 2 aromatic heterocycles. The lowest BCUT2D eigenvalue weighted by molar-refractivity contribution is -0.146. The van der Waals surface area contributed by atoms with Crippen LogP contribution in [0.25, 0.3) is 11.0 Å². The van der Waals surface area contributed by atoms with E-state index in [1.54, 1.807) is 33.0 Å². The second-order valence-electron chi connectivity index (χ2n) is 8.10. The molecule has 1 unspecified atom stereocenters. The van der Waals surface area contributed by atoms with Gasteiger partial charge >= 0.3 is 12.1 Å². The van der Waals surface area contributed by atoms with Crippen molar-refractivity contribution in [3.8, 4) is 0 Å². The van der Waals surface area contributed by atoms with E-state index in [2.05, 4.69) is 14.7 Å². The van der Waals surface area contributed by atoms with Crippen LogP contribution < -0.4 is 0 Å². The molecule has 2 aromatic rings. The molecule has 1 fully saturated rings. The molecule has 1 aliphatic rings. The first-order chi connectivity index (χ1) is 14.2. The minimum Gasteiger partial charge on any atom is -0.468 e. The van der Waals surface area contributed by atoms with Crippen LogP contribution in [0, 0.1) is 0 Å². The molecule has 2 amide bonds. The molecule has 9 heteroatoms. The molecule has 1 aliphatic heterocycles. The molecule has 0 saturated carbocycles. The first-order valence-electron chi connectivity index (χ1n) is 9.74. The molecule has 3 heterocycles. The molecule has 1 saturated heterocycles. The summed E-state index contributed by atoms with van der Waals surface area (Å²) >= 11 is 0. The molecule has 160 valence electrons. The lowest BCUT2D eigenvalue weighted by Crippen LogP contribution is -2.47. The number of esters is 1. The normalized spacial score (nSPS) is 16.6. The van der Waals surface area contributed by atoms with Gasteiger partial charge in [-0.3, -0.25) is 14.5 Å². The van der Waals surface area contributed by atoms with Crippen LogP contribution >= 0.6 is 0 Å². The minimum atomic E-state index is -0.745. The maximum absolute atomic E-state index is 12.9. The van der Waals surface area contributed by atoms with E-state index in [0.29, 0.717) is 24.3 Å². The second-order valence-corrected chi connectivity index (χ2v) is 8.10. The number of pyridine rings is 2. The number of aromatic nitrogens is 2. The molecule has 0 N–H and O–H groups in total. The van der Waals surface area contributed by atoms with Crippen molar-refractivity contribution in [3.63, 3.8) is 0 Å². The number of amides is 2. The number of carbonyl (C=O) groups is 3. The summed E-state index contributed by atoms with van der Waals surface area (Å²) in [5.41, 5.74) is 0.427. The molecule has 0 aliphatic carbocycles. The van der Waals surface area contributed by atoms with Crippen LogP contribution in [0.4, 0.5) is 4.79 Å². The summed E-state index contributed by atoms with van der Waals surface area (Å²) in [5.74, 6) is -0.819. The number of hydrogen-bond donors (Lipinski definition) is 0. The summed E-state index contributed by atoms with van der Waals surface area (Å²) in [4.78, 5) is 49.0. The van der Waals surface area contributed by atoms with Gasteiger partial charge in [-0.25, -0.2) is 14.8 Å². The molecule has 0 bridgehead atoms. The molecule has 9 nitrogen and oxygen atoms in total. The second kappa shape index (κ2) is 8.64. The monoisotopic (exact) mass is 414 g/mol. The fourth-order valence-corrected chi connectivity index (χ4v) is 3.27. The average molecular weight is 414 g/mol. The van der Waals surface area contributed by atoms with Gasteiger partial charge in [0.15, 0.2) is 5.65 Å². The smallest absolute Gasteiger partial charge is 0.411 e. The third-order valence-corrected chi connectivity index (χ3v) is 4.68. The highest BCUT2D eigenvalue weighted by Gasteiger charge is 2.40. The first-order valence-corrected chi connectivity index (χ1v) is 9.74. The first kappa shape index (κ1) is 21.5. The van der Waals surface area contributed by atoms with E-state index in [1.165, 1.54) is 16.9 Å². The zero-order valence-electron chi connectivity index (χ0n) is 17.6. The SMILES string of the molecule is COC(=O)CN1CCC(N(Cc2ccc3cccnc3n2)C(=O)OC(C)(C)C)C1=O. The van der Waals surface area contributed by atoms with Crippen molar-refractivity contribution in [2.24, 2.45) is 0 Å². The van der Waals surface area contributed by atoms with Crippen molar-refractivity contribution in [1.29, 1.82) is 0 Å². The van der Waals surface area contributed by atoms with Crippen LogP contribution in [0.5, 0.6) is 0 Å². The van der Waals surface area contributed by atoms with Gasteiger partial charge in [0, 0.05) is 18.1 Å². The van der Waals surface area contributed by atoms with Crippen LogP contribution in [0.15, 0.2) is 30.5 Å². The standard InChI is InChI=1S/C21H26N4O5/c1-21(2,3)30-20(28)25(16-9-11-24(19(16)27)13-17(26)29-4)12-15-8-7-14-6-5-10-22-18(14)23-15/h5-8,10,16H,9,11-13H2,1-4H3. The maximum Gasteiger partial charge on any atom is 0.411 e. The predicted octanol–water partition coefficient (Wildman–Crippen LogP) is 2.14.